The van der Waals surface area contributed by atoms with Crippen LogP contribution in [0, 0.1) is 11.8 Å². The van der Waals surface area contributed by atoms with Crippen LogP contribution in [-0.4, -0.2) is 31.6 Å². The maximum Gasteiger partial charge on any atom is 0.331 e. The summed E-state index contributed by atoms with van der Waals surface area (Å²) in [6.45, 7) is 4.38. The van der Waals surface area contributed by atoms with Crippen molar-refractivity contribution in [2.24, 2.45) is 11.8 Å². The first-order chi connectivity index (χ1) is 12.3. The number of methoxy groups -OCH3 is 2. The minimum atomic E-state index is -0.986. The van der Waals surface area contributed by atoms with E-state index in [2.05, 4.69) is 19.2 Å². The van der Waals surface area contributed by atoms with Crippen LogP contribution in [-0.2, 0) is 19.1 Å². The first-order valence-electron chi connectivity index (χ1n) is 9.01. The zero-order chi connectivity index (χ0) is 19.3. The molecule has 1 aromatic rings. The molecule has 0 heterocycles. The second-order valence-corrected chi connectivity index (χ2v) is 7.75. The Morgan fingerprint density at radius 2 is 1.73 bits per heavy atom. The molecule has 0 bridgehead atoms. The highest BCUT2D eigenvalue weighted by Gasteiger charge is 2.45. The van der Waals surface area contributed by atoms with Gasteiger partial charge in [0.2, 0.25) is 0 Å². The summed E-state index contributed by atoms with van der Waals surface area (Å²) in [4.78, 5) is 25.4. The molecule has 6 heteroatoms. The molecule has 1 fully saturated rings. The molecular formula is C20H28ClNO4. The van der Waals surface area contributed by atoms with Crippen LogP contribution in [0.5, 0.6) is 0 Å². The molecule has 0 spiro atoms. The van der Waals surface area contributed by atoms with Crippen LogP contribution < -0.4 is 5.32 Å². The molecule has 5 nitrogen and oxygen atoms in total. The first kappa shape index (κ1) is 20.7. The Balaban J connectivity index is 2.18. The number of carbonyl (C=O) groups excluding carboxylic acids is 2. The number of hydrogen-bond donors (Lipinski definition) is 1. The highest BCUT2D eigenvalue weighted by Crippen LogP contribution is 2.37. The fourth-order valence-electron chi connectivity index (χ4n) is 3.71. The number of esters is 1. The third-order valence-electron chi connectivity index (χ3n) is 5.41. The van der Waals surface area contributed by atoms with E-state index in [1.54, 1.807) is 24.3 Å². The van der Waals surface area contributed by atoms with Crippen LogP contribution in [0.25, 0.3) is 0 Å². The number of benzene rings is 1. The lowest BCUT2D eigenvalue weighted by molar-refractivity contribution is -0.155. The SMILES string of the molecule is COC(=O)C1(NC(=O)C(OC)c2ccc(Cl)cc2)CCC(C(C)C)CC1. The Morgan fingerprint density at radius 3 is 2.19 bits per heavy atom. The molecule has 1 saturated carbocycles. The van der Waals surface area contributed by atoms with Gasteiger partial charge in [0.15, 0.2) is 6.10 Å². The number of hydrogen-bond acceptors (Lipinski definition) is 4. The predicted molar refractivity (Wildman–Crippen MR) is 101 cm³/mol. The molecule has 1 atom stereocenters. The molecule has 0 aromatic heterocycles. The van der Waals surface area contributed by atoms with Crippen molar-refractivity contribution in [3.05, 3.63) is 34.9 Å². The van der Waals surface area contributed by atoms with Gasteiger partial charge in [-0.2, -0.15) is 0 Å². The molecule has 1 aliphatic carbocycles. The molecule has 0 radical (unpaired) electrons. The van der Waals surface area contributed by atoms with Crippen molar-refractivity contribution in [1.82, 2.24) is 5.32 Å². The molecule has 2 rings (SSSR count). The van der Waals surface area contributed by atoms with E-state index in [-0.39, 0.29) is 11.9 Å². The van der Waals surface area contributed by atoms with Crippen molar-refractivity contribution in [2.75, 3.05) is 14.2 Å². The Labute approximate surface area is 160 Å². The van der Waals surface area contributed by atoms with E-state index >= 15 is 0 Å². The largest absolute Gasteiger partial charge is 0.467 e. The number of ether oxygens (including phenoxy) is 2. The van der Waals surface area contributed by atoms with Crippen molar-refractivity contribution >= 4 is 23.5 Å². The summed E-state index contributed by atoms with van der Waals surface area (Å²) in [7, 11) is 2.83. The summed E-state index contributed by atoms with van der Waals surface area (Å²) in [5.41, 5.74) is -0.300. The van der Waals surface area contributed by atoms with E-state index in [1.807, 2.05) is 0 Å². The Bertz CT molecular complexity index is 621. The third-order valence-corrected chi connectivity index (χ3v) is 5.66. The van der Waals surface area contributed by atoms with Gasteiger partial charge in [-0.25, -0.2) is 4.79 Å². The van der Waals surface area contributed by atoms with Gasteiger partial charge in [0.1, 0.15) is 5.54 Å². The van der Waals surface area contributed by atoms with Gasteiger partial charge in [-0.15, -0.1) is 0 Å². The molecule has 1 unspecified atom stereocenters. The normalized spacial score (nSPS) is 24.2. The van der Waals surface area contributed by atoms with E-state index in [0.717, 1.165) is 12.8 Å². The van der Waals surface area contributed by atoms with Crippen LogP contribution in [0.15, 0.2) is 24.3 Å². The number of rotatable bonds is 6. The van der Waals surface area contributed by atoms with Gasteiger partial charge >= 0.3 is 5.97 Å². The maximum absolute atomic E-state index is 12.9. The lowest BCUT2D eigenvalue weighted by Gasteiger charge is -2.40. The zero-order valence-corrected chi connectivity index (χ0v) is 16.6. The van der Waals surface area contributed by atoms with Gasteiger partial charge in [-0.3, -0.25) is 4.79 Å². The minimum absolute atomic E-state index is 0.344. The smallest absolute Gasteiger partial charge is 0.331 e. The van der Waals surface area contributed by atoms with E-state index in [4.69, 9.17) is 21.1 Å². The summed E-state index contributed by atoms with van der Waals surface area (Å²) in [6.07, 6.45) is 2.10. The molecule has 1 aliphatic rings. The van der Waals surface area contributed by atoms with Crippen molar-refractivity contribution in [3.63, 3.8) is 0 Å². The van der Waals surface area contributed by atoms with E-state index < -0.39 is 11.6 Å². The van der Waals surface area contributed by atoms with E-state index in [1.165, 1.54) is 14.2 Å². The molecule has 1 amide bonds. The average Bonchev–Trinajstić information content (AvgIpc) is 2.63. The van der Waals surface area contributed by atoms with E-state index in [9.17, 15) is 9.59 Å². The quantitative estimate of drug-likeness (QED) is 0.759. The Hall–Kier alpha value is -1.59. The van der Waals surface area contributed by atoms with Gasteiger partial charge in [-0.1, -0.05) is 37.6 Å². The van der Waals surface area contributed by atoms with Crippen LogP contribution in [0.1, 0.15) is 51.2 Å². The standard InChI is InChI=1S/C20H28ClNO4/c1-13(2)14-9-11-20(12-10-14,19(24)26-4)22-18(23)17(25-3)15-5-7-16(21)8-6-15/h5-8,13-14,17H,9-12H2,1-4H3,(H,22,23). The van der Waals surface area contributed by atoms with Gasteiger partial charge in [0.25, 0.3) is 5.91 Å². The summed E-state index contributed by atoms with van der Waals surface area (Å²) >= 11 is 5.91. The number of halogens is 1. The topological polar surface area (TPSA) is 64.6 Å². The summed E-state index contributed by atoms with van der Waals surface area (Å²) in [5.74, 6) is 0.378. The second kappa shape index (κ2) is 8.87. The van der Waals surface area contributed by atoms with Crippen molar-refractivity contribution in [2.45, 2.75) is 51.2 Å². The van der Waals surface area contributed by atoms with Gasteiger partial charge in [-0.05, 0) is 55.2 Å². The second-order valence-electron chi connectivity index (χ2n) is 7.31. The summed E-state index contributed by atoms with van der Waals surface area (Å²) in [6, 6.07) is 6.91. The van der Waals surface area contributed by atoms with Gasteiger partial charge in [0.05, 0.1) is 7.11 Å². The van der Waals surface area contributed by atoms with Crippen molar-refractivity contribution in [3.8, 4) is 0 Å². The van der Waals surface area contributed by atoms with Crippen molar-refractivity contribution in [1.29, 1.82) is 0 Å². The predicted octanol–water partition coefficient (Wildman–Crippen LogP) is 3.90. The Morgan fingerprint density at radius 1 is 1.15 bits per heavy atom. The molecule has 144 valence electrons. The van der Waals surface area contributed by atoms with Gasteiger partial charge in [0, 0.05) is 12.1 Å². The Kier molecular flexibility index (Phi) is 7.07. The molecule has 0 saturated heterocycles. The van der Waals surface area contributed by atoms with Gasteiger partial charge < -0.3 is 14.8 Å². The fourth-order valence-corrected chi connectivity index (χ4v) is 3.83. The lowest BCUT2D eigenvalue weighted by atomic mass is 9.72. The minimum Gasteiger partial charge on any atom is -0.467 e. The first-order valence-corrected chi connectivity index (χ1v) is 9.39. The summed E-state index contributed by atoms with van der Waals surface area (Å²) in [5, 5.41) is 3.52. The zero-order valence-electron chi connectivity index (χ0n) is 15.9. The fraction of sp³-hybridized carbons (Fsp3) is 0.600. The molecule has 1 N–H and O–H groups in total. The molecular weight excluding hydrogens is 354 g/mol. The van der Waals surface area contributed by atoms with Crippen LogP contribution in [0.2, 0.25) is 5.02 Å². The number of carbonyl (C=O) groups is 2. The maximum atomic E-state index is 12.9. The van der Waals surface area contributed by atoms with Crippen LogP contribution >= 0.6 is 11.6 Å². The summed E-state index contributed by atoms with van der Waals surface area (Å²) < 4.78 is 10.4. The molecule has 1 aromatic carbocycles. The highest BCUT2D eigenvalue weighted by atomic mass is 35.5. The average molecular weight is 382 g/mol. The molecule has 0 aliphatic heterocycles. The highest BCUT2D eigenvalue weighted by molar-refractivity contribution is 6.30. The lowest BCUT2D eigenvalue weighted by Crippen LogP contribution is -2.58. The van der Waals surface area contributed by atoms with Crippen LogP contribution in [0.3, 0.4) is 0 Å². The third kappa shape index (κ3) is 4.57. The van der Waals surface area contributed by atoms with Crippen LogP contribution in [0.4, 0.5) is 0 Å². The van der Waals surface area contributed by atoms with Crippen molar-refractivity contribution < 1.29 is 19.1 Å². The number of nitrogens with one attached hydrogen (secondary N) is 1. The molecule has 26 heavy (non-hydrogen) atoms. The van der Waals surface area contributed by atoms with E-state index in [0.29, 0.717) is 35.3 Å². The monoisotopic (exact) mass is 381 g/mol. The number of amides is 1.